The molecule has 0 bridgehead atoms. The fraction of sp³-hybridized carbons (Fsp3) is 0.787. The second kappa shape index (κ2) is 43.5. The van der Waals surface area contributed by atoms with E-state index in [1.165, 1.54) is 116 Å². The number of carbonyl (C=O) groups is 2. The topological polar surface area (TPSA) is 134 Å². The molecule has 10 heteroatoms. The van der Waals surface area contributed by atoms with Crippen molar-refractivity contribution in [2.24, 2.45) is 5.73 Å². The van der Waals surface area contributed by atoms with Gasteiger partial charge in [0.05, 0.1) is 13.2 Å². The van der Waals surface area contributed by atoms with Crippen molar-refractivity contribution in [1.82, 2.24) is 0 Å². The van der Waals surface area contributed by atoms with Gasteiger partial charge in [0, 0.05) is 19.4 Å². The summed E-state index contributed by atoms with van der Waals surface area (Å²) >= 11 is 0. The van der Waals surface area contributed by atoms with Crippen LogP contribution in [0.1, 0.15) is 206 Å². The Balaban J connectivity index is 4.17. The van der Waals surface area contributed by atoms with Gasteiger partial charge in [-0.15, -0.1) is 0 Å². The third kappa shape index (κ3) is 43.4. The lowest BCUT2D eigenvalue weighted by atomic mass is 10.1. The molecule has 0 aromatic heterocycles. The van der Waals surface area contributed by atoms with Gasteiger partial charge in [0.1, 0.15) is 6.61 Å². The van der Waals surface area contributed by atoms with E-state index in [4.69, 9.17) is 24.3 Å². The zero-order chi connectivity index (χ0) is 41.8. The molecule has 0 aliphatic heterocycles. The predicted molar refractivity (Wildman–Crippen MR) is 238 cm³/mol. The highest BCUT2D eigenvalue weighted by molar-refractivity contribution is 7.47. The maximum Gasteiger partial charge on any atom is 0.472 e. The van der Waals surface area contributed by atoms with Crippen molar-refractivity contribution in [2.45, 2.75) is 213 Å². The Morgan fingerprint density at radius 1 is 0.526 bits per heavy atom. The summed E-state index contributed by atoms with van der Waals surface area (Å²) in [6, 6.07) is 0. The van der Waals surface area contributed by atoms with Gasteiger partial charge >= 0.3 is 19.8 Å². The van der Waals surface area contributed by atoms with Crippen LogP contribution in [-0.4, -0.2) is 49.3 Å². The van der Waals surface area contributed by atoms with E-state index in [-0.39, 0.29) is 32.6 Å². The number of nitrogens with two attached hydrogens (primary N) is 1. The summed E-state index contributed by atoms with van der Waals surface area (Å²) in [7, 11) is -4.39. The first-order valence-corrected chi connectivity index (χ1v) is 24.6. The molecular weight excluding hydrogens is 737 g/mol. The zero-order valence-corrected chi connectivity index (χ0v) is 37.5. The average Bonchev–Trinajstić information content (AvgIpc) is 3.20. The molecule has 0 aromatic carbocycles. The number of ether oxygens (including phenoxy) is 2. The van der Waals surface area contributed by atoms with Gasteiger partial charge in [-0.25, -0.2) is 4.57 Å². The van der Waals surface area contributed by atoms with Crippen LogP contribution in [0.3, 0.4) is 0 Å². The largest absolute Gasteiger partial charge is 0.472 e. The van der Waals surface area contributed by atoms with E-state index in [1.54, 1.807) is 0 Å². The van der Waals surface area contributed by atoms with E-state index < -0.39 is 32.5 Å². The summed E-state index contributed by atoms with van der Waals surface area (Å²) in [5.74, 6) is -0.884. The highest BCUT2D eigenvalue weighted by Crippen LogP contribution is 2.43. The normalized spacial score (nSPS) is 13.7. The minimum Gasteiger partial charge on any atom is -0.462 e. The molecule has 0 amide bonds. The van der Waals surface area contributed by atoms with Crippen LogP contribution in [0, 0.1) is 0 Å². The van der Waals surface area contributed by atoms with Gasteiger partial charge in [-0.05, 0) is 70.6 Å². The van der Waals surface area contributed by atoms with Crippen LogP contribution in [0.4, 0.5) is 0 Å². The summed E-state index contributed by atoms with van der Waals surface area (Å²) in [5, 5.41) is 0. The molecule has 57 heavy (non-hydrogen) atoms. The van der Waals surface area contributed by atoms with Gasteiger partial charge in [0.15, 0.2) is 6.10 Å². The van der Waals surface area contributed by atoms with Crippen molar-refractivity contribution >= 4 is 19.8 Å². The van der Waals surface area contributed by atoms with Crippen LogP contribution < -0.4 is 5.73 Å². The van der Waals surface area contributed by atoms with E-state index in [9.17, 15) is 19.0 Å². The Morgan fingerprint density at radius 3 is 1.42 bits per heavy atom. The molecule has 0 spiro atoms. The number of hydrogen-bond acceptors (Lipinski definition) is 8. The first-order chi connectivity index (χ1) is 27.8. The van der Waals surface area contributed by atoms with Crippen LogP contribution in [0.25, 0.3) is 0 Å². The predicted octanol–water partition coefficient (Wildman–Crippen LogP) is 13.5. The lowest BCUT2D eigenvalue weighted by molar-refractivity contribution is -0.161. The molecule has 0 saturated carbocycles. The standard InChI is InChI=1S/C47H86NO8P/c1-3-5-7-9-11-13-15-17-19-21-22-24-25-27-29-31-33-35-37-39-46(49)53-43-45(44-55-57(51,52)54-42-41-48)56-47(50)40-38-36-34-32-30-28-26-23-20-18-16-14-12-10-8-6-4-2/h11,13,17,19,26,28,32,34,45H,3-10,12,14-16,18,20-25,27,29-31,33,35-44,48H2,1-2H3,(H,51,52)/b13-11+,19-17+,28-26+,34-32+/t45-/m1/s1. The fourth-order valence-electron chi connectivity index (χ4n) is 6.23. The molecule has 0 aliphatic rings. The van der Waals surface area contributed by atoms with E-state index in [1.807, 2.05) is 0 Å². The molecule has 0 heterocycles. The number of rotatable bonds is 43. The van der Waals surface area contributed by atoms with Crippen molar-refractivity contribution in [3.63, 3.8) is 0 Å². The van der Waals surface area contributed by atoms with Crippen molar-refractivity contribution in [3.05, 3.63) is 48.6 Å². The summed E-state index contributed by atoms with van der Waals surface area (Å²) in [6.45, 7) is 3.67. The third-order valence-electron chi connectivity index (χ3n) is 9.69. The molecule has 3 N–H and O–H groups in total. The molecule has 332 valence electrons. The number of esters is 2. The first-order valence-electron chi connectivity index (χ1n) is 23.1. The molecular formula is C47H86NO8P. The highest BCUT2D eigenvalue weighted by Gasteiger charge is 2.26. The maximum atomic E-state index is 12.6. The van der Waals surface area contributed by atoms with Gasteiger partial charge in [0.2, 0.25) is 0 Å². The number of carbonyl (C=O) groups excluding carboxylic acids is 2. The minimum absolute atomic E-state index is 0.0456. The average molecular weight is 824 g/mol. The molecule has 2 atom stereocenters. The van der Waals surface area contributed by atoms with Crippen LogP contribution in [0.5, 0.6) is 0 Å². The van der Waals surface area contributed by atoms with E-state index in [0.29, 0.717) is 6.42 Å². The molecule has 0 aromatic rings. The lowest BCUT2D eigenvalue weighted by Crippen LogP contribution is -2.29. The third-order valence-corrected chi connectivity index (χ3v) is 10.7. The molecule has 0 aliphatic carbocycles. The Bertz CT molecular complexity index is 1080. The maximum absolute atomic E-state index is 12.6. The summed E-state index contributed by atoms with van der Waals surface area (Å²) in [6.07, 6.45) is 50.1. The number of allylic oxidation sites excluding steroid dienone is 8. The zero-order valence-electron chi connectivity index (χ0n) is 36.6. The summed E-state index contributed by atoms with van der Waals surface area (Å²) < 4.78 is 32.8. The second-order valence-corrected chi connectivity index (χ2v) is 16.7. The highest BCUT2D eigenvalue weighted by atomic mass is 31.2. The Labute approximate surface area is 349 Å². The van der Waals surface area contributed by atoms with E-state index in [0.717, 1.165) is 57.8 Å². The quantitative estimate of drug-likeness (QED) is 0.0267. The molecule has 0 fully saturated rings. The second-order valence-electron chi connectivity index (χ2n) is 15.3. The minimum atomic E-state index is -4.39. The molecule has 0 radical (unpaired) electrons. The van der Waals surface area contributed by atoms with Crippen molar-refractivity contribution in [1.29, 1.82) is 0 Å². The number of phosphoric ester groups is 1. The SMILES string of the molecule is CCCCC/C=C/C/C=C/CCCCCCCCCCCC(=O)OC[C@H](COP(=O)(O)OCCN)OC(=O)CCC/C=C/C/C=C/CCCCCCCCCCC. The van der Waals surface area contributed by atoms with Crippen LogP contribution >= 0.6 is 7.82 Å². The van der Waals surface area contributed by atoms with Crippen LogP contribution in [-0.2, 0) is 32.7 Å². The molecule has 0 saturated heterocycles. The van der Waals surface area contributed by atoms with Crippen molar-refractivity contribution in [2.75, 3.05) is 26.4 Å². The molecule has 9 nitrogen and oxygen atoms in total. The van der Waals surface area contributed by atoms with E-state index >= 15 is 0 Å². The van der Waals surface area contributed by atoms with Gasteiger partial charge in [-0.2, -0.15) is 0 Å². The van der Waals surface area contributed by atoms with Crippen molar-refractivity contribution < 1.29 is 37.6 Å². The number of unbranched alkanes of at least 4 members (excludes halogenated alkanes) is 22. The Kier molecular flexibility index (Phi) is 42.0. The molecule has 0 rings (SSSR count). The first kappa shape index (κ1) is 55.0. The Morgan fingerprint density at radius 2 is 0.930 bits per heavy atom. The van der Waals surface area contributed by atoms with Crippen LogP contribution in [0.2, 0.25) is 0 Å². The van der Waals surface area contributed by atoms with Gasteiger partial charge in [-0.3, -0.25) is 18.6 Å². The number of phosphoric acid groups is 1. The van der Waals surface area contributed by atoms with Gasteiger partial charge in [0.25, 0.3) is 0 Å². The Hall–Kier alpha value is -2.03. The summed E-state index contributed by atoms with van der Waals surface area (Å²) in [5.41, 5.74) is 5.35. The number of hydrogen-bond donors (Lipinski definition) is 2. The van der Waals surface area contributed by atoms with Crippen LogP contribution in [0.15, 0.2) is 48.6 Å². The smallest absolute Gasteiger partial charge is 0.462 e. The monoisotopic (exact) mass is 824 g/mol. The van der Waals surface area contributed by atoms with E-state index in [2.05, 4.69) is 62.5 Å². The lowest BCUT2D eigenvalue weighted by Gasteiger charge is -2.19. The molecule has 1 unspecified atom stereocenters. The van der Waals surface area contributed by atoms with Gasteiger partial charge < -0.3 is 20.1 Å². The summed E-state index contributed by atoms with van der Waals surface area (Å²) in [4.78, 5) is 34.9. The van der Waals surface area contributed by atoms with Gasteiger partial charge in [-0.1, -0.05) is 172 Å². The van der Waals surface area contributed by atoms with Crippen molar-refractivity contribution in [3.8, 4) is 0 Å². The fourth-order valence-corrected chi connectivity index (χ4v) is 7.00.